The standard InChI is InChI=1S/C13H12Cl2N2O/c1-7(2)6-17-10(5-16)8-3-4-9(14)12(15)11(8)13(17)18/h3-4,7,10H,6H2,1-2H3. The fraction of sp³-hybridized carbons (Fsp3) is 0.385. The number of fused-ring (bicyclic) bond motifs is 1. The Balaban J connectivity index is 2.53. The fourth-order valence-electron chi connectivity index (χ4n) is 2.16. The molecule has 5 heteroatoms. The zero-order valence-electron chi connectivity index (χ0n) is 10.1. The average molecular weight is 283 g/mol. The molecule has 0 aromatic heterocycles. The summed E-state index contributed by atoms with van der Waals surface area (Å²) in [5.41, 5.74) is 1.02. The molecule has 0 N–H and O–H groups in total. The molecule has 1 aliphatic heterocycles. The summed E-state index contributed by atoms with van der Waals surface area (Å²) in [5.74, 6) is 0.0751. The third-order valence-corrected chi connectivity index (χ3v) is 3.70. The van der Waals surface area contributed by atoms with Crippen LogP contribution in [0.2, 0.25) is 10.0 Å². The molecule has 1 atom stereocenters. The summed E-state index contributed by atoms with van der Waals surface area (Å²) < 4.78 is 0. The maximum Gasteiger partial charge on any atom is 0.257 e. The normalized spacial score (nSPS) is 18.1. The summed E-state index contributed by atoms with van der Waals surface area (Å²) >= 11 is 12.0. The van der Waals surface area contributed by atoms with Gasteiger partial charge >= 0.3 is 0 Å². The molecule has 0 spiro atoms. The van der Waals surface area contributed by atoms with Crippen LogP contribution in [0.1, 0.15) is 35.8 Å². The van der Waals surface area contributed by atoms with E-state index in [1.54, 1.807) is 17.0 Å². The van der Waals surface area contributed by atoms with Crippen LogP contribution in [0.5, 0.6) is 0 Å². The van der Waals surface area contributed by atoms with Gasteiger partial charge in [0.25, 0.3) is 5.91 Å². The highest BCUT2D eigenvalue weighted by Crippen LogP contribution is 2.40. The highest BCUT2D eigenvalue weighted by Gasteiger charge is 2.39. The van der Waals surface area contributed by atoms with Gasteiger partial charge in [0.15, 0.2) is 0 Å². The molecule has 0 fully saturated rings. The van der Waals surface area contributed by atoms with E-state index < -0.39 is 6.04 Å². The number of halogens is 2. The van der Waals surface area contributed by atoms with Crippen LogP contribution in [-0.4, -0.2) is 17.4 Å². The number of carbonyl (C=O) groups is 1. The molecule has 1 unspecified atom stereocenters. The first-order chi connectivity index (χ1) is 8.47. The molecule has 2 rings (SSSR count). The number of hydrogen-bond donors (Lipinski definition) is 0. The van der Waals surface area contributed by atoms with Crippen molar-refractivity contribution in [1.29, 1.82) is 5.26 Å². The van der Waals surface area contributed by atoms with Crippen molar-refractivity contribution >= 4 is 29.1 Å². The molecule has 1 amide bonds. The maximum absolute atomic E-state index is 12.3. The number of benzene rings is 1. The predicted molar refractivity (Wildman–Crippen MR) is 70.7 cm³/mol. The predicted octanol–water partition coefficient (Wildman–Crippen LogP) is 3.67. The lowest BCUT2D eigenvalue weighted by Crippen LogP contribution is -2.31. The van der Waals surface area contributed by atoms with Crippen LogP contribution in [0.3, 0.4) is 0 Å². The highest BCUT2D eigenvalue weighted by molar-refractivity contribution is 6.44. The van der Waals surface area contributed by atoms with E-state index >= 15 is 0 Å². The first kappa shape index (κ1) is 13.2. The summed E-state index contributed by atoms with van der Waals surface area (Å²) in [4.78, 5) is 13.9. The van der Waals surface area contributed by atoms with E-state index in [4.69, 9.17) is 23.2 Å². The van der Waals surface area contributed by atoms with Gasteiger partial charge in [0.2, 0.25) is 0 Å². The summed E-state index contributed by atoms with van der Waals surface area (Å²) in [5, 5.41) is 9.84. The van der Waals surface area contributed by atoms with Gasteiger partial charge < -0.3 is 4.90 Å². The Labute approximate surface area is 116 Å². The number of nitrogens with zero attached hydrogens (tertiary/aromatic N) is 2. The maximum atomic E-state index is 12.3. The van der Waals surface area contributed by atoms with E-state index in [0.29, 0.717) is 22.7 Å². The molecule has 1 aromatic rings. The molecule has 1 aliphatic rings. The Morgan fingerprint density at radius 2 is 2.11 bits per heavy atom. The van der Waals surface area contributed by atoms with Gasteiger partial charge in [-0.3, -0.25) is 4.79 Å². The summed E-state index contributed by atoms with van der Waals surface area (Å²) in [6.07, 6.45) is 0. The van der Waals surface area contributed by atoms with Crippen LogP contribution >= 0.6 is 23.2 Å². The number of carbonyl (C=O) groups excluding carboxylic acids is 1. The second-order valence-corrected chi connectivity index (χ2v) is 5.49. The molecule has 94 valence electrons. The van der Waals surface area contributed by atoms with Crippen LogP contribution in [0.15, 0.2) is 12.1 Å². The quantitative estimate of drug-likeness (QED) is 0.831. The van der Waals surface area contributed by atoms with Gasteiger partial charge in [-0.2, -0.15) is 5.26 Å². The van der Waals surface area contributed by atoms with Crippen molar-refractivity contribution in [3.05, 3.63) is 33.3 Å². The van der Waals surface area contributed by atoms with E-state index in [-0.39, 0.29) is 16.8 Å². The minimum atomic E-state index is -0.565. The van der Waals surface area contributed by atoms with E-state index in [0.717, 1.165) is 0 Å². The number of amides is 1. The smallest absolute Gasteiger partial charge is 0.257 e. The van der Waals surface area contributed by atoms with Crippen molar-refractivity contribution in [2.75, 3.05) is 6.54 Å². The molecular weight excluding hydrogens is 271 g/mol. The molecule has 1 heterocycles. The molecule has 3 nitrogen and oxygen atoms in total. The zero-order chi connectivity index (χ0) is 13.4. The largest absolute Gasteiger partial charge is 0.318 e. The minimum Gasteiger partial charge on any atom is -0.318 e. The monoisotopic (exact) mass is 282 g/mol. The number of rotatable bonds is 2. The van der Waals surface area contributed by atoms with Crippen molar-refractivity contribution in [3.63, 3.8) is 0 Å². The van der Waals surface area contributed by atoms with E-state index in [9.17, 15) is 10.1 Å². The Morgan fingerprint density at radius 1 is 1.44 bits per heavy atom. The fourth-order valence-corrected chi connectivity index (χ4v) is 2.57. The summed E-state index contributed by atoms with van der Waals surface area (Å²) in [6.45, 7) is 4.53. The molecule has 0 radical (unpaired) electrons. The third kappa shape index (κ3) is 1.96. The first-order valence-corrected chi connectivity index (χ1v) is 6.41. The topological polar surface area (TPSA) is 44.1 Å². The Kier molecular flexibility index (Phi) is 3.52. The molecular formula is C13H12Cl2N2O. The van der Waals surface area contributed by atoms with Crippen LogP contribution in [-0.2, 0) is 0 Å². The molecule has 0 bridgehead atoms. The third-order valence-electron chi connectivity index (χ3n) is 2.89. The SMILES string of the molecule is CC(C)CN1C(=O)c2c(ccc(Cl)c2Cl)C1C#N. The van der Waals surface area contributed by atoms with Gasteiger partial charge in [0, 0.05) is 12.1 Å². The van der Waals surface area contributed by atoms with Crippen LogP contribution in [0.25, 0.3) is 0 Å². The molecule has 0 saturated heterocycles. The van der Waals surface area contributed by atoms with Gasteiger partial charge in [0.05, 0.1) is 21.7 Å². The second kappa shape index (κ2) is 4.79. The molecule has 0 saturated carbocycles. The average Bonchev–Trinajstić information content (AvgIpc) is 2.57. The van der Waals surface area contributed by atoms with Gasteiger partial charge in [0.1, 0.15) is 6.04 Å². The number of hydrogen-bond acceptors (Lipinski definition) is 2. The van der Waals surface area contributed by atoms with Crippen molar-refractivity contribution in [1.82, 2.24) is 4.90 Å². The second-order valence-electron chi connectivity index (χ2n) is 4.71. The van der Waals surface area contributed by atoms with Crippen molar-refractivity contribution < 1.29 is 4.79 Å². The lowest BCUT2D eigenvalue weighted by Gasteiger charge is -2.21. The lowest BCUT2D eigenvalue weighted by atomic mass is 10.1. The van der Waals surface area contributed by atoms with Crippen LogP contribution < -0.4 is 0 Å². The lowest BCUT2D eigenvalue weighted by molar-refractivity contribution is 0.0737. The van der Waals surface area contributed by atoms with Gasteiger partial charge in [-0.15, -0.1) is 0 Å². The van der Waals surface area contributed by atoms with E-state index in [1.807, 2.05) is 13.8 Å². The van der Waals surface area contributed by atoms with Crippen LogP contribution in [0, 0.1) is 17.2 Å². The Morgan fingerprint density at radius 3 is 2.67 bits per heavy atom. The first-order valence-electron chi connectivity index (χ1n) is 5.65. The summed E-state index contributed by atoms with van der Waals surface area (Å²) in [7, 11) is 0. The summed E-state index contributed by atoms with van der Waals surface area (Å²) in [6, 6.07) is 4.92. The zero-order valence-corrected chi connectivity index (χ0v) is 11.6. The number of nitriles is 1. The Hall–Kier alpha value is -1.24. The van der Waals surface area contributed by atoms with Gasteiger partial charge in [-0.05, 0) is 12.0 Å². The molecule has 1 aromatic carbocycles. The van der Waals surface area contributed by atoms with Crippen molar-refractivity contribution in [3.8, 4) is 6.07 Å². The van der Waals surface area contributed by atoms with Crippen molar-refractivity contribution in [2.45, 2.75) is 19.9 Å². The highest BCUT2D eigenvalue weighted by atomic mass is 35.5. The van der Waals surface area contributed by atoms with Crippen molar-refractivity contribution in [2.24, 2.45) is 5.92 Å². The van der Waals surface area contributed by atoms with E-state index in [2.05, 4.69) is 6.07 Å². The van der Waals surface area contributed by atoms with Crippen LogP contribution in [0.4, 0.5) is 0 Å². The van der Waals surface area contributed by atoms with Gasteiger partial charge in [-0.25, -0.2) is 0 Å². The molecule has 0 aliphatic carbocycles. The van der Waals surface area contributed by atoms with E-state index in [1.165, 1.54) is 0 Å². The Bertz CT molecular complexity index is 549. The van der Waals surface area contributed by atoms with Gasteiger partial charge in [-0.1, -0.05) is 43.1 Å². The minimum absolute atomic E-state index is 0.210. The molecule has 18 heavy (non-hydrogen) atoms.